The molecule has 0 saturated heterocycles. The molecule has 0 aliphatic rings. The lowest BCUT2D eigenvalue weighted by Crippen LogP contribution is -2.25. The van der Waals surface area contributed by atoms with Crippen LogP contribution in [0.5, 0.6) is 5.75 Å². The van der Waals surface area contributed by atoms with E-state index in [-0.39, 0.29) is 23.0 Å². The van der Waals surface area contributed by atoms with E-state index in [1.807, 2.05) is 0 Å². The first-order chi connectivity index (χ1) is 8.38. The third-order valence-corrected chi connectivity index (χ3v) is 3.02. The van der Waals surface area contributed by atoms with Crippen molar-refractivity contribution in [2.75, 3.05) is 26.0 Å². The molecular formula is C10H15N3O4S. The predicted octanol–water partition coefficient (Wildman–Crippen LogP) is -0.499. The monoisotopic (exact) mass is 273 g/mol. The smallest absolute Gasteiger partial charge is 0.238 e. The third kappa shape index (κ3) is 3.69. The van der Waals surface area contributed by atoms with Crippen LogP contribution in [0.1, 0.15) is 0 Å². The Hall–Kier alpha value is -1.64. The van der Waals surface area contributed by atoms with E-state index in [1.54, 1.807) is 7.05 Å². The normalized spacial score (nSPS) is 11.1. The molecule has 1 rings (SSSR count). The molecule has 0 saturated carbocycles. The number of amides is 1. The molecule has 1 amide bonds. The molecule has 0 bridgehead atoms. The van der Waals surface area contributed by atoms with Gasteiger partial charge in [0.05, 0.1) is 24.2 Å². The van der Waals surface area contributed by atoms with E-state index >= 15 is 0 Å². The summed E-state index contributed by atoms with van der Waals surface area (Å²) in [6.07, 6.45) is 0. The number of hydrogen-bond acceptors (Lipinski definition) is 5. The number of carbonyl (C=O) groups is 1. The minimum absolute atomic E-state index is 0.0944. The van der Waals surface area contributed by atoms with Gasteiger partial charge in [-0.2, -0.15) is 0 Å². The van der Waals surface area contributed by atoms with Crippen molar-refractivity contribution in [3.8, 4) is 5.75 Å². The Kier molecular flexibility index (Phi) is 4.65. The number of benzene rings is 1. The Balaban J connectivity index is 3.11. The van der Waals surface area contributed by atoms with Crippen LogP contribution in [0.15, 0.2) is 23.1 Å². The molecule has 4 N–H and O–H groups in total. The van der Waals surface area contributed by atoms with Crippen molar-refractivity contribution < 1.29 is 17.9 Å². The standard InChI is InChI=1S/C10H15N3O4S/c1-12-6-10(14)13-8-5-7(18(11,15)16)3-4-9(8)17-2/h3-5,12H,6H2,1-2H3,(H,13,14)(H2,11,15,16). The Morgan fingerprint density at radius 3 is 2.61 bits per heavy atom. The first-order valence-corrected chi connectivity index (χ1v) is 6.58. The van der Waals surface area contributed by atoms with Crippen LogP contribution in [-0.4, -0.2) is 35.0 Å². The molecule has 0 spiro atoms. The van der Waals surface area contributed by atoms with Crippen molar-refractivity contribution >= 4 is 21.6 Å². The number of sulfonamides is 1. The zero-order chi connectivity index (χ0) is 13.8. The summed E-state index contributed by atoms with van der Waals surface area (Å²) >= 11 is 0. The summed E-state index contributed by atoms with van der Waals surface area (Å²) in [6.45, 7) is 0.1000. The minimum atomic E-state index is -3.82. The fourth-order valence-corrected chi connectivity index (χ4v) is 1.86. The molecule has 1 aromatic rings. The number of likely N-dealkylation sites (N-methyl/N-ethyl adjacent to an activating group) is 1. The van der Waals surface area contributed by atoms with Gasteiger partial charge in [0.25, 0.3) is 0 Å². The van der Waals surface area contributed by atoms with E-state index in [9.17, 15) is 13.2 Å². The molecule has 1 aromatic carbocycles. The van der Waals surface area contributed by atoms with Gasteiger partial charge in [0, 0.05) is 0 Å². The number of methoxy groups -OCH3 is 1. The van der Waals surface area contributed by atoms with Gasteiger partial charge in [-0.15, -0.1) is 0 Å². The molecule has 8 heteroatoms. The first-order valence-electron chi connectivity index (χ1n) is 5.03. The van der Waals surface area contributed by atoms with Crippen LogP contribution in [0, 0.1) is 0 Å². The zero-order valence-corrected chi connectivity index (χ0v) is 10.9. The van der Waals surface area contributed by atoms with E-state index in [1.165, 1.54) is 25.3 Å². The van der Waals surface area contributed by atoms with E-state index in [0.717, 1.165) is 0 Å². The summed E-state index contributed by atoms with van der Waals surface area (Å²) in [5, 5.41) is 10.2. The van der Waals surface area contributed by atoms with Gasteiger partial charge in [-0.3, -0.25) is 4.79 Å². The SMILES string of the molecule is CNCC(=O)Nc1cc(S(N)(=O)=O)ccc1OC. The second kappa shape index (κ2) is 5.80. The highest BCUT2D eigenvalue weighted by molar-refractivity contribution is 7.89. The molecule has 0 aromatic heterocycles. The molecule has 18 heavy (non-hydrogen) atoms. The number of carbonyl (C=O) groups excluding carboxylic acids is 1. The van der Waals surface area contributed by atoms with Gasteiger partial charge in [0.2, 0.25) is 15.9 Å². The van der Waals surface area contributed by atoms with Gasteiger partial charge < -0.3 is 15.4 Å². The topological polar surface area (TPSA) is 111 Å². The summed E-state index contributed by atoms with van der Waals surface area (Å²) in [7, 11) is -0.782. The Morgan fingerprint density at radius 2 is 2.11 bits per heavy atom. The largest absolute Gasteiger partial charge is 0.495 e. The lowest BCUT2D eigenvalue weighted by atomic mass is 10.3. The number of nitrogens with two attached hydrogens (primary N) is 1. The molecular weight excluding hydrogens is 258 g/mol. The third-order valence-electron chi connectivity index (χ3n) is 2.11. The Labute approximate surface area is 105 Å². The van der Waals surface area contributed by atoms with Crippen molar-refractivity contribution in [1.29, 1.82) is 0 Å². The summed E-state index contributed by atoms with van der Waals surface area (Å²) in [5.74, 6) is 0.0363. The molecule has 0 aliphatic heterocycles. The predicted molar refractivity (Wildman–Crippen MR) is 66.9 cm³/mol. The second-order valence-electron chi connectivity index (χ2n) is 3.49. The number of rotatable bonds is 5. The second-order valence-corrected chi connectivity index (χ2v) is 5.05. The maximum Gasteiger partial charge on any atom is 0.238 e. The number of nitrogens with one attached hydrogen (secondary N) is 2. The maximum absolute atomic E-state index is 11.4. The highest BCUT2D eigenvalue weighted by Gasteiger charge is 2.13. The molecule has 0 unspecified atom stereocenters. The van der Waals surface area contributed by atoms with Crippen molar-refractivity contribution in [2.24, 2.45) is 5.14 Å². The van der Waals surface area contributed by atoms with Gasteiger partial charge in [-0.1, -0.05) is 0 Å². The van der Waals surface area contributed by atoms with Crippen LogP contribution in [0.25, 0.3) is 0 Å². The minimum Gasteiger partial charge on any atom is -0.495 e. The quantitative estimate of drug-likeness (QED) is 0.670. The van der Waals surface area contributed by atoms with Gasteiger partial charge in [-0.25, -0.2) is 13.6 Å². The van der Waals surface area contributed by atoms with E-state index in [0.29, 0.717) is 5.75 Å². The van der Waals surface area contributed by atoms with Crippen LogP contribution < -0.4 is 20.5 Å². The van der Waals surface area contributed by atoms with E-state index in [4.69, 9.17) is 9.88 Å². The molecule has 0 radical (unpaired) electrons. The van der Waals surface area contributed by atoms with Crippen LogP contribution in [0.4, 0.5) is 5.69 Å². The highest BCUT2D eigenvalue weighted by atomic mass is 32.2. The lowest BCUT2D eigenvalue weighted by molar-refractivity contribution is -0.115. The Morgan fingerprint density at radius 1 is 1.44 bits per heavy atom. The van der Waals surface area contributed by atoms with Crippen LogP contribution in [0.2, 0.25) is 0 Å². The molecule has 7 nitrogen and oxygen atoms in total. The van der Waals surface area contributed by atoms with Crippen molar-refractivity contribution in [2.45, 2.75) is 4.90 Å². The van der Waals surface area contributed by atoms with Gasteiger partial charge in [-0.05, 0) is 25.2 Å². The zero-order valence-electron chi connectivity index (χ0n) is 10.1. The van der Waals surface area contributed by atoms with Gasteiger partial charge in [0.1, 0.15) is 5.75 Å². The van der Waals surface area contributed by atoms with E-state index < -0.39 is 10.0 Å². The highest BCUT2D eigenvalue weighted by Crippen LogP contribution is 2.26. The summed E-state index contributed by atoms with van der Waals surface area (Å²) in [5.41, 5.74) is 0.254. The number of ether oxygens (including phenoxy) is 1. The lowest BCUT2D eigenvalue weighted by Gasteiger charge is -2.11. The van der Waals surface area contributed by atoms with Crippen molar-refractivity contribution in [3.05, 3.63) is 18.2 Å². The average molecular weight is 273 g/mol. The van der Waals surface area contributed by atoms with Crippen LogP contribution >= 0.6 is 0 Å². The Bertz CT molecular complexity index is 542. The average Bonchev–Trinajstić information content (AvgIpc) is 2.28. The number of primary sulfonamides is 1. The maximum atomic E-state index is 11.4. The molecule has 100 valence electrons. The summed E-state index contributed by atoms with van der Waals surface area (Å²) in [6, 6.07) is 3.98. The first kappa shape index (κ1) is 14.4. The van der Waals surface area contributed by atoms with Crippen molar-refractivity contribution in [1.82, 2.24) is 5.32 Å². The summed E-state index contributed by atoms with van der Waals surface area (Å²) in [4.78, 5) is 11.3. The van der Waals surface area contributed by atoms with Gasteiger partial charge in [0.15, 0.2) is 0 Å². The molecule has 0 atom stereocenters. The summed E-state index contributed by atoms with van der Waals surface area (Å²) < 4.78 is 27.4. The van der Waals surface area contributed by atoms with Crippen LogP contribution in [-0.2, 0) is 14.8 Å². The molecule has 0 heterocycles. The van der Waals surface area contributed by atoms with Gasteiger partial charge >= 0.3 is 0 Å². The van der Waals surface area contributed by atoms with Crippen molar-refractivity contribution in [3.63, 3.8) is 0 Å². The van der Waals surface area contributed by atoms with Crippen LogP contribution in [0.3, 0.4) is 0 Å². The fraction of sp³-hybridized carbons (Fsp3) is 0.300. The number of anilines is 1. The molecule has 0 aliphatic carbocycles. The number of hydrogen-bond donors (Lipinski definition) is 3. The molecule has 0 fully saturated rings. The van der Waals surface area contributed by atoms with E-state index in [2.05, 4.69) is 10.6 Å². The fourth-order valence-electron chi connectivity index (χ4n) is 1.32.